The Hall–Kier alpha value is -1.62. The number of nitrogens with one attached hydrogen (secondary N) is 1. The lowest BCUT2D eigenvalue weighted by molar-refractivity contribution is 0.427. The van der Waals surface area contributed by atoms with E-state index in [4.69, 9.17) is 4.98 Å². The molecular formula is C15H23N5. The molecule has 5 nitrogen and oxygen atoms in total. The third-order valence-corrected chi connectivity index (χ3v) is 4.08. The molecular weight excluding hydrogens is 250 g/mol. The normalized spacial score (nSPS) is 19.7. The molecule has 0 amide bonds. The Labute approximate surface area is 120 Å². The Kier molecular flexibility index (Phi) is 3.87. The number of piperidine rings is 1. The van der Waals surface area contributed by atoms with E-state index >= 15 is 0 Å². The van der Waals surface area contributed by atoms with Crippen molar-refractivity contribution in [2.24, 2.45) is 0 Å². The zero-order chi connectivity index (χ0) is 13.9. The van der Waals surface area contributed by atoms with Crippen molar-refractivity contribution in [3.8, 4) is 0 Å². The highest BCUT2D eigenvalue weighted by Crippen LogP contribution is 2.24. The van der Waals surface area contributed by atoms with E-state index in [9.17, 15) is 0 Å². The van der Waals surface area contributed by atoms with Crippen LogP contribution in [0.3, 0.4) is 0 Å². The minimum Gasteiger partial charge on any atom is -0.336 e. The van der Waals surface area contributed by atoms with Gasteiger partial charge in [-0.15, -0.1) is 5.10 Å². The minimum atomic E-state index is 0.565. The molecule has 1 N–H and O–H groups in total. The summed E-state index contributed by atoms with van der Waals surface area (Å²) in [5.41, 5.74) is 2.14. The van der Waals surface area contributed by atoms with Crippen LogP contribution < -0.4 is 10.2 Å². The Morgan fingerprint density at radius 1 is 1.35 bits per heavy atom. The predicted octanol–water partition coefficient (Wildman–Crippen LogP) is 2.01. The molecule has 108 valence electrons. The van der Waals surface area contributed by atoms with Gasteiger partial charge in [0, 0.05) is 18.8 Å². The lowest BCUT2D eigenvalue weighted by Gasteiger charge is -2.35. The topological polar surface area (TPSA) is 45.5 Å². The van der Waals surface area contributed by atoms with Crippen LogP contribution in [-0.2, 0) is 0 Å². The number of hydrogen-bond acceptors (Lipinski definition) is 4. The summed E-state index contributed by atoms with van der Waals surface area (Å²) >= 11 is 0. The summed E-state index contributed by atoms with van der Waals surface area (Å²) in [7, 11) is 2.01. The molecule has 1 atom stereocenters. The molecule has 1 aliphatic heterocycles. The number of aromatic nitrogens is 3. The van der Waals surface area contributed by atoms with E-state index in [0.29, 0.717) is 6.04 Å². The summed E-state index contributed by atoms with van der Waals surface area (Å²) in [4.78, 5) is 7.09. The van der Waals surface area contributed by atoms with Crippen LogP contribution in [0.5, 0.6) is 0 Å². The standard InChI is InChI=1S/C15H23N5/c1-12-6-7-14-17-15(18-20(14)11-12)19-10-4-3-5-13(19)8-9-16-2/h6-7,11,13,16H,3-5,8-10H2,1-2H3. The van der Waals surface area contributed by atoms with Crippen LogP contribution in [0.4, 0.5) is 5.95 Å². The minimum absolute atomic E-state index is 0.565. The molecule has 0 aliphatic carbocycles. The van der Waals surface area contributed by atoms with E-state index in [1.165, 1.54) is 24.8 Å². The molecule has 20 heavy (non-hydrogen) atoms. The van der Waals surface area contributed by atoms with Gasteiger partial charge in [0.1, 0.15) is 0 Å². The lowest BCUT2D eigenvalue weighted by atomic mass is 10.00. The van der Waals surface area contributed by atoms with Crippen molar-refractivity contribution in [1.29, 1.82) is 0 Å². The molecule has 0 spiro atoms. The first-order chi connectivity index (χ1) is 9.78. The first kappa shape index (κ1) is 13.4. The average Bonchev–Trinajstić information content (AvgIpc) is 2.88. The van der Waals surface area contributed by atoms with Gasteiger partial charge in [-0.25, -0.2) is 4.52 Å². The maximum Gasteiger partial charge on any atom is 0.245 e. The first-order valence-corrected chi connectivity index (χ1v) is 7.52. The monoisotopic (exact) mass is 273 g/mol. The van der Waals surface area contributed by atoms with Crippen LogP contribution in [-0.4, -0.2) is 40.8 Å². The molecule has 1 fully saturated rings. The summed E-state index contributed by atoms with van der Waals surface area (Å²) in [5.74, 6) is 0.886. The Morgan fingerprint density at radius 2 is 2.25 bits per heavy atom. The molecule has 1 unspecified atom stereocenters. The van der Waals surface area contributed by atoms with Gasteiger partial charge in [0.2, 0.25) is 5.95 Å². The molecule has 3 rings (SSSR count). The van der Waals surface area contributed by atoms with Gasteiger partial charge in [0.25, 0.3) is 0 Å². The van der Waals surface area contributed by atoms with Crippen molar-refractivity contribution < 1.29 is 0 Å². The van der Waals surface area contributed by atoms with Crippen molar-refractivity contribution in [1.82, 2.24) is 19.9 Å². The van der Waals surface area contributed by atoms with E-state index in [0.717, 1.165) is 31.1 Å². The predicted molar refractivity (Wildman–Crippen MR) is 81.3 cm³/mol. The van der Waals surface area contributed by atoms with Gasteiger partial charge in [-0.1, -0.05) is 6.07 Å². The van der Waals surface area contributed by atoms with E-state index < -0.39 is 0 Å². The van der Waals surface area contributed by atoms with Gasteiger partial charge >= 0.3 is 0 Å². The molecule has 1 saturated heterocycles. The number of fused-ring (bicyclic) bond motifs is 1. The van der Waals surface area contributed by atoms with Gasteiger partial charge in [0.15, 0.2) is 5.65 Å². The second-order valence-corrected chi connectivity index (χ2v) is 5.66. The largest absolute Gasteiger partial charge is 0.336 e. The molecule has 5 heteroatoms. The first-order valence-electron chi connectivity index (χ1n) is 7.52. The highest BCUT2D eigenvalue weighted by molar-refractivity contribution is 5.46. The van der Waals surface area contributed by atoms with Crippen LogP contribution in [0.1, 0.15) is 31.2 Å². The third kappa shape index (κ3) is 2.63. The van der Waals surface area contributed by atoms with Gasteiger partial charge in [-0.3, -0.25) is 0 Å². The molecule has 2 aromatic heterocycles. The van der Waals surface area contributed by atoms with Gasteiger partial charge < -0.3 is 10.2 Å². The van der Waals surface area contributed by atoms with Crippen LogP contribution in [0.2, 0.25) is 0 Å². The maximum absolute atomic E-state index is 4.69. The van der Waals surface area contributed by atoms with Gasteiger partial charge in [-0.05, 0) is 57.8 Å². The summed E-state index contributed by atoms with van der Waals surface area (Å²) in [6.45, 7) is 4.20. The van der Waals surface area contributed by atoms with Crippen molar-refractivity contribution in [3.05, 3.63) is 23.9 Å². The van der Waals surface area contributed by atoms with E-state index in [-0.39, 0.29) is 0 Å². The fraction of sp³-hybridized carbons (Fsp3) is 0.600. The second kappa shape index (κ2) is 5.79. The quantitative estimate of drug-likeness (QED) is 0.925. The fourth-order valence-electron chi connectivity index (χ4n) is 2.97. The smallest absolute Gasteiger partial charge is 0.245 e. The van der Waals surface area contributed by atoms with Crippen LogP contribution in [0.15, 0.2) is 18.3 Å². The van der Waals surface area contributed by atoms with E-state index in [1.54, 1.807) is 0 Å². The van der Waals surface area contributed by atoms with Crippen molar-refractivity contribution in [2.75, 3.05) is 25.0 Å². The van der Waals surface area contributed by atoms with Crippen molar-refractivity contribution in [3.63, 3.8) is 0 Å². The molecule has 0 aromatic carbocycles. The van der Waals surface area contributed by atoms with E-state index in [1.807, 2.05) is 23.8 Å². The summed E-state index contributed by atoms with van der Waals surface area (Å²) < 4.78 is 1.90. The summed E-state index contributed by atoms with van der Waals surface area (Å²) in [5, 5.41) is 7.91. The van der Waals surface area contributed by atoms with Crippen LogP contribution in [0, 0.1) is 6.92 Å². The molecule has 0 saturated carbocycles. The summed E-state index contributed by atoms with van der Waals surface area (Å²) in [6, 6.07) is 4.69. The lowest BCUT2D eigenvalue weighted by Crippen LogP contribution is -2.41. The van der Waals surface area contributed by atoms with Gasteiger partial charge in [0.05, 0.1) is 0 Å². The van der Waals surface area contributed by atoms with E-state index in [2.05, 4.69) is 28.3 Å². The zero-order valence-corrected chi connectivity index (χ0v) is 12.3. The van der Waals surface area contributed by atoms with Crippen LogP contribution >= 0.6 is 0 Å². The second-order valence-electron chi connectivity index (χ2n) is 5.66. The number of pyridine rings is 1. The molecule has 3 heterocycles. The fourth-order valence-corrected chi connectivity index (χ4v) is 2.97. The molecule has 0 radical (unpaired) electrons. The average molecular weight is 273 g/mol. The molecule has 2 aromatic rings. The van der Waals surface area contributed by atoms with Crippen LogP contribution in [0.25, 0.3) is 5.65 Å². The number of anilines is 1. The van der Waals surface area contributed by atoms with Crippen molar-refractivity contribution >= 4 is 11.6 Å². The Bertz CT molecular complexity index is 577. The Balaban J connectivity index is 1.86. The molecule has 0 bridgehead atoms. The number of nitrogens with zero attached hydrogens (tertiary/aromatic N) is 4. The summed E-state index contributed by atoms with van der Waals surface area (Å²) in [6.07, 6.45) is 7.00. The SMILES string of the molecule is CNCCC1CCCCN1c1nc2ccc(C)cn2n1. The highest BCUT2D eigenvalue weighted by atomic mass is 15.4. The zero-order valence-electron chi connectivity index (χ0n) is 12.3. The van der Waals surface area contributed by atoms with Gasteiger partial charge in [-0.2, -0.15) is 4.98 Å². The maximum atomic E-state index is 4.69. The van der Waals surface area contributed by atoms with Crippen molar-refractivity contribution in [2.45, 2.75) is 38.6 Å². The Morgan fingerprint density at radius 3 is 3.10 bits per heavy atom. The number of aryl methyl sites for hydroxylation is 1. The molecule has 1 aliphatic rings. The highest BCUT2D eigenvalue weighted by Gasteiger charge is 2.25. The number of hydrogen-bond donors (Lipinski definition) is 1. The third-order valence-electron chi connectivity index (χ3n) is 4.08. The number of rotatable bonds is 4.